The molecule has 0 aliphatic carbocycles. The molecule has 4 heteroatoms. The van der Waals surface area contributed by atoms with Crippen molar-refractivity contribution in [2.24, 2.45) is 5.92 Å². The predicted octanol–water partition coefficient (Wildman–Crippen LogP) is 4.50. The number of nitro benzene ring substituents is 1. The Kier molecular flexibility index (Phi) is 5.53. The van der Waals surface area contributed by atoms with Crippen LogP contribution in [0.5, 0.6) is 5.75 Å². The minimum atomic E-state index is -0.371. The molecular weight excluding hydrogens is 278 g/mol. The van der Waals surface area contributed by atoms with Gasteiger partial charge in [-0.05, 0) is 42.0 Å². The fraction of sp³-hybridized carbons (Fsp3) is 0.333. The number of benzene rings is 2. The average Bonchev–Trinajstić information content (AvgIpc) is 2.50. The molecule has 116 valence electrons. The van der Waals surface area contributed by atoms with E-state index in [1.54, 1.807) is 24.3 Å². The molecule has 0 bridgehead atoms. The third-order valence-corrected chi connectivity index (χ3v) is 3.83. The Labute approximate surface area is 130 Å². The van der Waals surface area contributed by atoms with Gasteiger partial charge in [0.25, 0.3) is 5.69 Å². The van der Waals surface area contributed by atoms with Crippen LogP contribution in [0.3, 0.4) is 0 Å². The van der Waals surface area contributed by atoms with Gasteiger partial charge in [0.2, 0.25) is 0 Å². The van der Waals surface area contributed by atoms with E-state index in [9.17, 15) is 15.2 Å². The molecule has 2 aromatic rings. The molecule has 0 saturated heterocycles. The van der Waals surface area contributed by atoms with Gasteiger partial charge in [-0.3, -0.25) is 10.1 Å². The lowest BCUT2D eigenvalue weighted by Gasteiger charge is -2.16. The summed E-state index contributed by atoms with van der Waals surface area (Å²) in [4.78, 5) is 10.3. The largest absolute Gasteiger partial charge is 0.508 e. The Morgan fingerprint density at radius 2 is 1.50 bits per heavy atom. The average molecular weight is 299 g/mol. The maximum atomic E-state index is 10.7. The number of hydrogen-bond donors (Lipinski definition) is 1. The summed E-state index contributed by atoms with van der Waals surface area (Å²) in [6, 6.07) is 14.2. The first-order valence-corrected chi connectivity index (χ1v) is 7.59. The third-order valence-electron chi connectivity index (χ3n) is 3.83. The van der Waals surface area contributed by atoms with Crippen LogP contribution in [-0.2, 0) is 12.8 Å². The number of phenols is 1. The zero-order chi connectivity index (χ0) is 15.9. The van der Waals surface area contributed by atoms with E-state index in [2.05, 4.69) is 6.92 Å². The summed E-state index contributed by atoms with van der Waals surface area (Å²) in [6.07, 6.45) is 4.07. The van der Waals surface area contributed by atoms with Crippen molar-refractivity contribution in [1.29, 1.82) is 0 Å². The molecule has 4 nitrogen and oxygen atoms in total. The molecule has 0 aliphatic rings. The number of non-ortho nitro benzene ring substituents is 1. The highest BCUT2D eigenvalue weighted by atomic mass is 16.6. The van der Waals surface area contributed by atoms with Crippen LogP contribution < -0.4 is 0 Å². The van der Waals surface area contributed by atoms with Crippen molar-refractivity contribution in [3.63, 3.8) is 0 Å². The van der Waals surface area contributed by atoms with Crippen molar-refractivity contribution >= 4 is 5.69 Å². The smallest absolute Gasteiger partial charge is 0.269 e. The van der Waals surface area contributed by atoms with Gasteiger partial charge in [0.1, 0.15) is 5.75 Å². The highest BCUT2D eigenvalue weighted by Crippen LogP contribution is 2.22. The Hall–Kier alpha value is -2.36. The van der Waals surface area contributed by atoms with Crippen LogP contribution in [0, 0.1) is 16.0 Å². The quantitative estimate of drug-likeness (QED) is 0.604. The molecule has 1 atom stereocenters. The SMILES string of the molecule is CCCC(Cc1ccc(O)cc1)Cc1ccc([N+](=O)[O-])cc1. The molecule has 0 radical (unpaired) electrons. The van der Waals surface area contributed by atoms with E-state index < -0.39 is 0 Å². The molecule has 0 fully saturated rings. The van der Waals surface area contributed by atoms with E-state index >= 15 is 0 Å². The highest BCUT2D eigenvalue weighted by molar-refractivity contribution is 5.33. The first kappa shape index (κ1) is 16.0. The fourth-order valence-corrected chi connectivity index (χ4v) is 2.74. The van der Waals surface area contributed by atoms with Gasteiger partial charge in [0, 0.05) is 12.1 Å². The molecule has 2 rings (SSSR count). The van der Waals surface area contributed by atoms with Gasteiger partial charge in [-0.2, -0.15) is 0 Å². The van der Waals surface area contributed by atoms with Gasteiger partial charge < -0.3 is 5.11 Å². The molecular formula is C18H21NO3. The normalized spacial score (nSPS) is 12.0. The third kappa shape index (κ3) is 4.58. The van der Waals surface area contributed by atoms with Crippen molar-refractivity contribution in [1.82, 2.24) is 0 Å². The zero-order valence-corrected chi connectivity index (χ0v) is 12.7. The first-order valence-electron chi connectivity index (χ1n) is 7.59. The summed E-state index contributed by atoms with van der Waals surface area (Å²) < 4.78 is 0. The summed E-state index contributed by atoms with van der Waals surface area (Å²) in [5, 5.41) is 20.0. The Morgan fingerprint density at radius 3 is 1.95 bits per heavy atom. The molecule has 0 spiro atoms. The molecule has 0 amide bonds. The Balaban J connectivity index is 2.04. The first-order chi connectivity index (χ1) is 10.6. The second kappa shape index (κ2) is 7.59. The molecule has 1 N–H and O–H groups in total. The minimum absolute atomic E-state index is 0.134. The number of phenolic OH excluding ortho intramolecular Hbond substituents is 1. The lowest BCUT2D eigenvalue weighted by atomic mass is 9.89. The summed E-state index contributed by atoms with van der Waals surface area (Å²) in [7, 11) is 0. The number of nitro groups is 1. The van der Waals surface area contributed by atoms with Gasteiger partial charge in [-0.1, -0.05) is 44.0 Å². The number of rotatable bonds is 7. The van der Waals surface area contributed by atoms with E-state index in [0.29, 0.717) is 5.92 Å². The van der Waals surface area contributed by atoms with E-state index in [1.807, 2.05) is 24.3 Å². The summed E-state index contributed by atoms with van der Waals surface area (Å²) >= 11 is 0. The van der Waals surface area contributed by atoms with E-state index in [1.165, 1.54) is 5.56 Å². The van der Waals surface area contributed by atoms with Crippen LogP contribution >= 0.6 is 0 Å². The highest BCUT2D eigenvalue weighted by Gasteiger charge is 2.12. The summed E-state index contributed by atoms with van der Waals surface area (Å²) in [5.41, 5.74) is 2.47. The Morgan fingerprint density at radius 1 is 1.00 bits per heavy atom. The second-order valence-electron chi connectivity index (χ2n) is 5.65. The van der Waals surface area contributed by atoms with Crippen LogP contribution in [0.15, 0.2) is 48.5 Å². The molecule has 1 unspecified atom stereocenters. The topological polar surface area (TPSA) is 63.4 Å². The van der Waals surface area contributed by atoms with Crippen molar-refractivity contribution in [3.8, 4) is 5.75 Å². The lowest BCUT2D eigenvalue weighted by molar-refractivity contribution is -0.384. The number of aromatic hydroxyl groups is 1. The van der Waals surface area contributed by atoms with Crippen molar-refractivity contribution in [2.75, 3.05) is 0 Å². The molecule has 0 heterocycles. The van der Waals surface area contributed by atoms with Crippen molar-refractivity contribution in [2.45, 2.75) is 32.6 Å². The standard InChI is InChI=1S/C18H21NO3/c1-2-3-16(13-15-6-10-18(20)11-7-15)12-14-4-8-17(9-5-14)19(21)22/h4-11,16,20H,2-3,12-13H2,1H3. The van der Waals surface area contributed by atoms with E-state index in [4.69, 9.17) is 0 Å². The van der Waals surface area contributed by atoms with Gasteiger partial charge in [0.05, 0.1) is 4.92 Å². The molecule has 0 saturated carbocycles. The fourth-order valence-electron chi connectivity index (χ4n) is 2.74. The molecule has 0 aromatic heterocycles. The van der Waals surface area contributed by atoms with E-state index in [-0.39, 0.29) is 16.4 Å². The molecule has 2 aromatic carbocycles. The monoisotopic (exact) mass is 299 g/mol. The van der Waals surface area contributed by atoms with Crippen LogP contribution in [0.4, 0.5) is 5.69 Å². The number of hydrogen-bond acceptors (Lipinski definition) is 3. The van der Waals surface area contributed by atoms with Crippen LogP contribution in [-0.4, -0.2) is 10.0 Å². The molecule has 0 aliphatic heterocycles. The van der Waals surface area contributed by atoms with Gasteiger partial charge >= 0.3 is 0 Å². The second-order valence-corrected chi connectivity index (χ2v) is 5.65. The van der Waals surface area contributed by atoms with Gasteiger partial charge in [-0.25, -0.2) is 0 Å². The Bertz CT molecular complexity index is 605. The zero-order valence-electron chi connectivity index (χ0n) is 12.7. The van der Waals surface area contributed by atoms with Crippen LogP contribution in [0.25, 0.3) is 0 Å². The van der Waals surface area contributed by atoms with Crippen molar-refractivity contribution in [3.05, 3.63) is 69.8 Å². The van der Waals surface area contributed by atoms with Crippen LogP contribution in [0.2, 0.25) is 0 Å². The summed E-state index contributed by atoms with van der Waals surface area (Å²) in [5.74, 6) is 0.780. The van der Waals surface area contributed by atoms with E-state index in [0.717, 1.165) is 31.2 Å². The predicted molar refractivity (Wildman–Crippen MR) is 87.0 cm³/mol. The van der Waals surface area contributed by atoms with Gasteiger partial charge in [0.15, 0.2) is 0 Å². The minimum Gasteiger partial charge on any atom is -0.508 e. The van der Waals surface area contributed by atoms with Crippen LogP contribution in [0.1, 0.15) is 30.9 Å². The maximum absolute atomic E-state index is 10.7. The maximum Gasteiger partial charge on any atom is 0.269 e. The van der Waals surface area contributed by atoms with Gasteiger partial charge in [-0.15, -0.1) is 0 Å². The number of nitrogens with zero attached hydrogens (tertiary/aromatic N) is 1. The lowest BCUT2D eigenvalue weighted by Crippen LogP contribution is -2.08. The summed E-state index contributed by atoms with van der Waals surface area (Å²) in [6.45, 7) is 2.17. The molecule has 22 heavy (non-hydrogen) atoms. The van der Waals surface area contributed by atoms with Crippen molar-refractivity contribution < 1.29 is 10.0 Å².